The molecular formula is C14H20F2N4O. The van der Waals surface area contributed by atoms with Crippen LogP contribution >= 0.6 is 0 Å². The molecule has 1 aliphatic carbocycles. The Balaban J connectivity index is 1.91. The number of likely N-dealkylation sites (N-methyl/N-ethyl adjacent to an activating group) is 1. The summed E-state index contributed by atoms with van der Waals surface area (Å²) in [5.41, 5.74) is 1.42. The van der Waals surface area contributed by atoms with Gasteiger partial charge < -0.3 is 10.7 Å². The Bertz CT molecular complexity index is 497. The molecule has 0 saturated heterocycles. The molecule has 2 rings (SSSR count). The summed E-state index contributed by atoms with van der Waals surface area (Å²) >= 11 is 0. The van der Waals surface area contributed by atoms with Gasteiger partial charge in [0.15, 0.2) is 11.6 Å². The largest absolute Gasteiger partial charge is 0.351 e. The number of amides is 1. The van der Waals surface area contributed by atoms with Crippen LogP contribution in [0.1, 0.15) is 30.1 Å². The highest BCUT2D eigenvalue weighted by molar-refractivity contribution is 5.94. The summed E-state index contributed by atoms with van der Waals surface area (Å²) in [6.07, 6.45) is 2.40. The van der Waals surface area contributed by atoms with Crippen molar-refractivity contribution in [2.24, 2.45) is 5.84 Å². The highest BCUT2D eigenvalue weighted by Crippen LogP contribution is 2.25. The number of halogens is 2. The van der Waals surface area contributed by atoms with Crippen LogP contribution in [0, 0.1) is 11.6 Å². The number of carbonyl (C=O) groups excluding carboxylic acids is 1. The minimum absolute atomic E-state index is 0.0570. The molecule has 0 atom stereocenters. The van der Waals surface area contributed by atoms with Gasteiger partial charge in [-0.1, -0.05) is 6.92 Å². The van der Waals surface area contributed by atoms with Gasteiger partial charge >= 0.3 is 0 Å². The van der Waals surface area contributed by atoms with E-state index in [9.17, 15) is 13.6 Å². The van der Waals surface area contributed by atoms with Gasteiger partial charge in [0.2, 0.25) is 0 Å². The number of nitrogens with zero attached hydrogens (tertiary/aromatic N) is 1. The number of rotatable bonds is 7. The van der Waals surface area contributed by atoms with Crippen LogP contribution in [0.5, 0.6) is 0 Å². The second kappa shape index (κ2) is 6.82. The number of hydrogen-bond donors (Lipinski definition) is 3. The second-order valence-electron chi connectivity index (χ2n) is 5.07. The Labute approximate surface area is 122 Å². The maximum atomic E-state index is 13.5. The molecule has 116 valence electrons. The van der Waals surface area contributed by atoms with Crippen molar-refractivity contribution in [3.63, 3.8) is 0 Å². The molecular weight excluding hydrogens is 278 g/mol. The number of nitrogens with two attached hydrogens (primary N) is 1. The number of hydrazine groups is 1. The maximum absolute atomic E-state index is 13.5. The summed E-state index contributed by atoms with van der Waals surface area (Å²) in [4.78, 5) is 14.2. The van der Waals surface area contributed by atoms with E-state index in [1.54, 1.807) is 0 Å². The van der Waals surface area contributed by atoms with Crippen molar-refractivity contribution in [1.29, 1.82) is 0 Å². The van der Waals surface area contributed by atoms with Gasteiger partial charge in [0.25, 0.3) is 5.91 Å². The maximum Gasteiger partial charge on any atom is 0.251 e. The molecule has 1 aromatic rings. The summed E-state index contributed by atoms with van der Waals surface area (Å²) in [5, 5.41) is 2.67. The van der Waals surface area contributed by atoms with Crippen LogP contribution in [0.4, 0.5) is 14.5 Å². The van der Waals surface area contributed by atoms with Gasteiger partial charge in [0.1, 0.15) is 5.69 Å². The first-order chi connectivity index (χ1) is 10.1. The van der Waals surface area contributed by atoms with E-state index in [1.807, 2.05) is 5.43 Å². The van der Waals surface area contributed by atoms with Crippen LogP contribution in [-0.2, 0) is 0 Å². The standard InChI is InChI=1S/C14H20F2N4O/c1-2-20(10-3-4-10)6-5-18-14(21)9-7-11(15)13(19-17)12(16)8-9/h7-8,10,19H,2-6,17H2,1H3,(H,18,21). The minimum Gasteiger partial charge on any atom is -0.351 e. The molecule has 0 unspecified atom stereocenters. The van der Waals surface area contributed by atoms with Crippen LogP contribution in [-0.4, -0.2) is 36.5 Å². The molecule has 0 bridgehead atoms. The van der Waals surface area contributed by atoms with Crippen LogP contribution in [0.15, 0.2) is 12.1 Å². The van der Waals surface area contributed by atoms with Crippen molar-refractivity contribution in [2.75, 3.05) is 25.1 Å². The fourth-order valence-corrected chi connectivity index (χ4v) is 2.30. The fourth-order valence-electron chi connectivity index (χ4n) is 2.30. The Morgan fingerprint density at radius 1 is 1.38 bits per heavy atom. The monoisotopic (exact) mass is 298 g/mol. The molecule has 1 aromatic carbocycles. The molecule has 0 spiro atoms. The zero-order valence-electron chi connectivity index (χ0n) is 12.0. The summed E-state index contributed by atoms with van der Waals surface area (Å²) in [6, 6.07) is 2.55. The number of benzene rings is 1. The molecule has 5 nitrogen and oxygen atoms in total. The lowest BCUT2D eigenvalue weighted by molar-refractivity contribution is 0.0947. The Kier molecular flexibility index (Phi) is 5.08. The van der Waals surface area contributed by atoms with Crippen molar-refractivity contribution in [3.8, 4) is 0 Å². The third kappa shape index (κ3) is 3.89. The topological polar surface area (TPSA) is 70.4 Å². The third-order valence-corrected chi connectivity index (χ3v) is 3.60. The minimum atomic E-state index is -0.893. The molecule has 7 heteroatoms. The molecule has 1 fully saturated rings. The van der Waals surface area contributed by atoms with Crippen LogP contribution < -0.4 is 16.6 Å². The molecule has 1 amide bonds. The summed E-state index contributed by atoms with van der Waals surface area (Å²) in [5.74, 6) is 2.72. The van der Waals surface area contributed by atoms with Gasteiger partial charge in [-0.15, -0.1) is 0 Å². The summed E-state index contributed by atoms with van der Waals surface area (Å²) < 4.78 is 27.0. The van der Waals surface area contributed by atoms with Gasteiger partial charge in [0, 0.05) is 24.7 Å². The predicted octanol–water partition coefficient (Wildman–Crippen LogP) is 1.46. The Morgan fingerprint density at radius 3 is 2.48 bits per heavy atom. The molecule has 0 heterocycles. The number of anilines is 1. The molecule has 1 aliphatic rings. The van der Waals surface area contributed by atoms with Crippen molar-refractivity contribution in [1.82, 2.24) is 10.2 Å². The Hall–Kier alpha value is -1.73. The number of nitrogens with one attached hydrogen (secondary N) is 2. The van der Waals surface area contributed by atoms with Gasteiger partial charge in [-0.25, -0.2) is 8.78 Å². The van der Waals surface area contributed by atoms with Crippen LogP contribution in [0.3, 0.4) is 0 Å². The lowest BCUT2D eigenvalue weighted by atomic mass is 10.1. The highest BCUT2D eigenvalue weighted by atomic mass is 19.1. The molecule has 0 aliphatic heterocycles. The first-order valence-electron chi connectivity index (χ1n) is 7.04. The summed E-state index contributed by atoms with van der Waals surface area (Å²) in [7, 11) is 0. The molecule has 21 heavy (non-hydrogen) atoms. The fraction of sp³-hybridized carbons (Fsp3) is 0.500. The van der Waals surface area contributed by atoms with E-state index in [0.29, 0.717) is 12.6 Å². The van der Waals surface area contributed by atoms with Crippen molar-refractivity contribution in [2.45, 2.75) is 25.8 Å². The Morgan fingerprint density at radius 2 is 2.00 bits per heavy atom. The highest BCUT2D eigenvalue weighted by Gasteiger charge is 2.27. The van der Waals surface area contributed by atoms with Gasteiger partial charge in [-0.05, 0) is 31.5 Å². The second-order valence-corrected chi connectivity index (χ2v) is 5.07. The van der Waals surface area contributed by atoms with E-state index in [1.165, 1.54) is 12.8 Å². The third-order valence-electron chi connectivity index (χ3n) is 3.60. The molecule has 4 N–H and O–H groups in total. The average Bonchev–Trinajstić information content (AvgIpc) is 3.27. The van der Waals surface area contributed by atoms with Gasteiger partial charge in [-0.2, -0.15) is 0 Å². The smallest absolute Gasteiger partial charge is 0.251 e. The number of nitrogen functional groups attached to an aromatic ring is 1. The van der Waals surface area contributed by atoms with E-state index >= 15 is 0 Å². The number of carbonyl (C=O) groups is 1. The molecule has 0 aromatic heterocycles. The van der Waals surface area contributed by atoms with Gasteiger partial charge in [0.05, 0.1) is 0 Å². The molecule has 1 saturated carbocycles. The van der Waals surface area contributed by atoms with E-state index in [2.05, 4.69) is 17.1 Å². The van der Waals surface area contributed by atoms with E-state index < -0.39 is 23.2 Å². The predicted molar refractivity (Wildman–Crippen MR) is 76.8 cm³/mol. The first-order valence-corrected chi connectivity index (χ1v) is 7.04. The normalized spacial score (nSPS) is 14.3. The van der Waals surface area contributed by atoms with Crippen molar-refractivity contribution < 1.29 is 13.6 Å². The average molecular weight is 298 g/mol. The first kappa shape index (κ1) is 15.7. The van der Waals surface area contributed by atoms with Crippen molar-refractivity contribution >= 4 is 11.6 Å². The van der Waals surface area contributed by atoms with Gasteiger partial charge in [-0.3, -0.25) is 15.5 Å². The SMILES string of the molecule is CCN(CCNC(=O)c1cc(F)c(NN)c(F)c1)C1CC1. The van der Waals surface area contributed by atoms with Crippen molar-refractivity contribution in [3.05, 3.63) is 29.3 Å². The summed E-state index contributed by atoms with van der Waals surface area (Å²) in [6.45, 7) is 4.19. The zero-order valence-corrected chi connectivity index (χ0v) is 12.0. The van der Waals surface area contributed by atoms with E-state index in [4.69, 9.17) is 5.84 Å². The zero-order chi connectivity index (χ0) is 15.4. The quantitative estimate of drug-likeness (QED) is 0.526. The lowest BCUT2D eigenvalue weighted by Gasteiger charge is -2.19. The number of hydrogen-bond acceptors (Lipinski definition) is 4. The van der Waals surface area contributed by atoms with Crippen LogP contribution in [0.2, 0.25) is 0 Å². The molecule has 0 radical (unpaired) electrons. The lowest BCUT2D eigenvalue weighted by Crippen LogP contribution is -2.36. The van der Waals surface area contributed by atoms with E-state index in [0.717, 1.165) is 25.2 Å². The van der Waals surface area contributed by atoms with Crippen LogP contribution in [0.25, 0.3) is 0 Å². The van der Waals surface area contributed by atoms with E-state index in [-0.39, 0.29) is 5.56 Å².